The Hall–Kier alpha value is -2.19. The van der Waals surface area contributed by atoms with Gasteiger partial charge in [0.2, 0.25) is 11.8 Å². The van der Waals surface area contributed by atoms with Gasteiger partial charge in [-0.1, -0.05) is 39.7 Å². The number of nitrogens with one attached hydrogen (secondary N) is 1. The SMILES string of the molecule is C[C@H](C(=O)OCC(=O)Nc1ccc(Br)cc1Cl)N1C(=O)[C@H]2[C@H](C1=O)[C@H]1C=C[C@H]2C1. The number of anilines is 1. The number of hydrogen-bond donors (Lipinski definition) is 1. The van der Waals surface area contributed by atoms with Gasteiger partial charge in [0.1, 0.15) is 6.04 Å². The van der Waals surface area contributed by atoms with Crippen LogP contribution in [0.5, 0.6) is 0 Å². The first-order chi connectivity index (χ1) is 13.8. The minimum atomic E-state index is -1.08. The van der Waals surface area contributed by atoms with Crippen molar-refractivity contribution in [1.29, 1.82) is 0 Å². The number of hydrogen-bond acceptors (Lipinski definition) is 5. The van der Waals surface area contributed by atoms with E-state index in [0.29, 0.717) is 10.7 Å². The summed E-state index contributed by atoms with van der Waals surface area (Å²) < 4.78 is 5.80. The van der Waals surface area contributed by atoms with E-state index >= 15 is 0 Å². The third-order valence-electron chi connectivity index (χ3n) is 5.78. The van der Waals surface area contributed by atoms with Crippen molar-refractivity contribution in [2.75, 3.05) is 11.9 Å². The Labute approximate surface area is 180 Å². The summed E-state index contributed by atoms with van der Waals surface area (Å²) in [6, 6.07) is 3.86. The molecule has 1 aromatic carbocycles. The number of nitrogens with zero attached hydrogens (tertiary/aromatic N) is 1. The molecule has 29 heavy (non-hydrogen) atoms. The summed E-state index contributed by atoms with van der Waals surface area (Å²) in [5, 5.41) is 2.88. The van der Waals surface area contributed by atoms with Gasteiger partial charge in [0.05, 0.1) is 22.5 Å². The van der Waals surface area contributed by atoms with E-state index < -0.39 is 24.5 Å². The predicted octanol–water partition coefficient (Wildman–Crippen LogP) is 2.78. The van der Waals surface area contributed by atoms with E-state index in [0.717, 1.165) is 15.8 Å². The fourth-order valence-electron chi connectivity index (χ4n) is 4.45. The lowest BCUT2D eigenvalue weighted by Gasteiger charge is -2.23. The van der Waals surface area contributed by atoms with Crippen molar-refractivity contribution < 1.29 is 23.9 Å². The molecule has 7 nitrogen and oxygen atoms in total. The minimum Gasteiger partial charge on any atom is -0.454 e. The smallest absolute Gasteiger partial charge is 0.329 e. The second-order valence-corrected chi connectivity index (χ2v) is 8.83. The van der Waals surface area contributed by atoms with Crippen LogP contribution in [0, 0.1) is 23.7 Å². The van der Waals surface area contributed by atoms with Crippen molar-refractivity contribution in [3.63, 3.8) is 0 Å². The Kier molecular flexibility index (Phi) is 5.25. The Morgan fingerprint density at radius 1 is 1.24 bits per heavy atom. The van der Waals surface area contributed by atoms with Crippen LogP contribution in [0.15, 0.2) is 34.8 Å². The molecule has 5 atom stereocenters. The lowest BCUT2D eigenvalue weighted by atomic mass is 9.85. The molecule has 1 heterocycles. The van der Waals surface area contributed by atoms with E-state index in [-0.39, 0.29) is 35.5 Å². The highest BCUT2D eigenvalue weighted by molar-refractivity contribution is 9.10. The lowest BCUT2D eigenvalue weighted by molar-refractivity contribution is -0.159. The molecule has 2 bridgehead atoms. The Morgan fingerprint density at radius 3 is 2.45 bits per heavy atom. The van der Waals surface area contributed by atoms with Gasteiger partial charge in [-0.2, -0.15) is 0 Å². The molecule has 1 saturated heterocycles. The second kappa shape index (κ2) is 7.57. The van der Waals surface area contributed by atoms with Crippen molar-refractivity contribution in [1.82, 2.24) is 4.90 Å². The van der Waals surface area contributed by atoms with Crippen molar-refractivity contribution in [3.05, 3.63) is 39.8 Å². The summed E-state index contributed by atoms with van der Waals surface area (Å²) in [4.78, 5) is 51.0. The second-order valence-electron chi connectivity index (χ2n) is 7.50. The number of likely N-dealkylation sites (tertiary alicyclic amines) is 1. The molecule has 152 valence electrons. The van der Waals surface area contributed by atoms with Crippen molar-refractivity contribution in [2.24, 2.45) is 23.7 Å². The molecule has 1 saturated carbocycles. The summed E-state index contributed by atoms with van der Waals surface area (Å²) in [5.41, 5.74) is 0.379. The van der Waals surface area contributed by atoms with E-state index in [2.05, 4.69) is 21.2 Å². The maximum absolute atomic E-state index is 12.7. The number of rotatable bonds is 5. The number of amides is 3. The molecule has 1 aromatic rings. The zero-order valence-electron chi connectivity index (χ0n) is 15.4. The molecule has 0 aromatic heterocycles. The average molecular weight is 482 g/mol. The van der Waals surface area contributed by atoms with Gasteiger partial charge in [-0.05, 0) is 43.4 Å². The third-order valence-corrected chi connectivity index (χ3v) is 6.59. The van der Waals surface area contributed by atoms with Gasteiger partial charge < -0.3 is 10.1 Å². The molecule has 0 radical (unpaired) electrons. The van der Waals surface area contributed by atoms with Crippen molar-refractivity contribution >= 4 is 56.9 Å². The van der Waals surface area contributed by atoms with Gasteiger partial charge in [-0.3, -0.25) is 19.3 Å². The molecule has 0 unspecified atom stereocenters. The standard InChI is InChI=1S/C20H18BrClN2O5/c1-9(24-18(26)16-10-2-3-11(6-10)17(16)19(24)27)20(28)29-8-15(25)23-14-5-4-12(21)7-13(14)22/h2-5,7,9-11,16-17H,6,8H2,1H3,(H,23,25)/t9-,10+,11+,16-,17-/m1/s1. The number of carbonyl (C=O) groups excluding carboxylic acids is 4. The number of benzene rings is 1. The van der Waals surface area contributed by atoms with Crippen LogP contribution in [0.2, 0.25) is 5.02 Å². The number of allylic oxidation sites excluding steroid dienone is 2. The van der Waals surface area contributed by atoms with Crippen LogP contribution in [-0.2, 0) is 23.9 Å². The highest BCUT2D eigenvalue weighted by Crippen LogP contribution is 2.52. The molecule has 2 aliphatic carbocycles. The molecule has 3 aliphatic rings. The maximum atomic E-state index is 12.7. The van der Waals surface area contributed by atoms with Crippen LogP contribution in [0.1, 0.15) is 13.3 Å². The van der Waals surface area contributed by atoms with E-state index in [9.17, 15) is 19.2 Å². The van der Waals surface area contributed by atoms with E-state index in [1.807, 2.05) is 12.2 Å². The first-order valence-corrected chi connectivity index (χ1v) is 10.4. The Morgan fingerprint density at radius 2 is 1.86 bits per heavy atom. The van der Waals surface area contributed by atoms with E-state index in [1.165, 1.54) is 6.92 Å². The molecule has 4 rings (SSSR count). The highest BCUT2D eigenvalue weighted by atomic mass is 79.9. The molecular weight excluding hydrogens is 464 g/mol. The first kappa shape index (κ1) is 20.1. The number of carbonyl (C=O) groups is 4. The summed E-state index contributed by atoms with van der Waals surface area (Å²) in [5.74, 6) is -2.66. The van der Waals surface area contributed by atoms with Gasteiger partial charge in [-0.25, -0.2) is 4.79 Å². The summed E-state index contributed by atoms with van der Waals surface area (Å²) in [6.45, 7) is 0.892. The highest BCUT2D eigenvalue weighted by Gasteiger charge is 2.60. The number of imide groups is 1. The van der Waals surface area contributed by atoms with E-state index in [4.69, 9.17) is 16.3 Å². The molecule has 1 N–H and O–H groups in total. The average Bonchev–Trinajstić information content (AvgIpc) is 3.35. The summed E-state index contributed by atoms with van der Waals surface area (Å²) >= 11 is 9.31. The minimum absolute atomic E-state index is 0.0658. The van der Waals surface area contributed by atoms with Crippen molar-refractivity contribution in [3.8, 4) is 0 Å². The van der Waals surface area contributed by atoms with Gasteiger partial charge in [-0.15, -0.1) is 0 Å². The number of ether oxygens (including phenoxy) is 1. The number of esters is 1. The number of halogens is 2. The molecule has 0 spiro atoms. The largest absolute Gasteiger partial charge is 0.454 e. The fraction of sp³-hybridized carbons (Fsp3) is 0.400. The molecule has 9 heteroatoms. The summed E-state index contributed by atoms with van der Waals surface area (Å²) in [6.07, 6.45) is 4.79. The zero-order valence-corrected chi connectivity index (χ0v) is 17.8. The molecule has 1 aliphatic heterocycles. The van der Waals surface area contributed by atoms with E-state index in [1.54, 1.807) is 18.2 Å². The summed E-state index contributed by atoms with van der Waals surface area (Å²) in [7, 11) is 0. The Balaban J connectivity index is 1.35. The fourth-order valence-corrected chi connectivity index (χ4v) is 5.17. The van der Waals surface area contributed by atoms with Crippen LogP contribution in [0.4, 0.5) is 5.69 Å². The predicted molar refractivity (Wildman–Crippen MR) is 108 cm³/mol. The molecule has 3 amide bonds. The zero-order chi connectivity index (χ0) is 20.9. The quantitative estimate of drug-likeness (QED) is 0.397. The van der Waals surface area contributed by atoms with Crippen LogP contribution in [-0.4, -0.2) is 41.2 Å². The monoisotopic (exact) mass is 480 g/mol. The van der Waals surface area contributed by atoms with Crippen molar-refractivity contribution in [2.45, 2.75) is 19.4 Å². The third kappa shape index (κ3) is 3.48. The van der Waals surface area contributed by atoms with Crippen LogP contribution < -0.4 is 5.32 Å². The van der Waals surface area contributed by atoms with Gasteiger partial charge >= 0.3 is 5.97 Å². The molecule has 2 fully saturated rings. The van der Waals surface area contributed by atoms with Crippen LogP contribution in [0.3, 0.4) is 0 Å². The maximum Gasteiger partial charge on any atom is 0.329 e. The molecular formula is C20H18BrClN2O5. The van der Waals surface area contributed by atoms with Crippen LogP contribution >= 0.6 is 27.5 Å². The lowest BCUT2D eigenvalue weighted by Crippen LogP contribution is -2.45. The van der Waals surface area contributed by atoms with Gasteiger partial charge in [0.25, 0.3) is 5.91 Å². The normalized spacial score (nSPS) is 27.9. The van der Waals surface area contributed by atoms with Gasteiger partial charge in [0, 0.05) is 4.47 Å². The van der Waals surface area contributed by atoms with Crippen LogP contribution in [0.25, 0.3) is 0 Å². The topological polar surface area (TPSA) is 92.8 Å². The first-order valence-electron chi connectivity index (χ1n) is 9.24. The Bertz CT molecular complexity index is 919. The number of fused-ring (bicyclic) bond motifs is 5. The van der Waals surface area contributed by atoms with Gasteiger partial charge in [0.15, 0.2) is 6.61 Å².